The maximum Gasteiger partial charge on any atom is 0.302 e. The molecule has 1 heterocycles. The van der Waals surface area contributed by atoms with E-state index in [1.165, 1.54) is 0 Å². The maximum atomic E-state index is 8.49. The highest BCUT2D eigenvalue weighted by atomic mass is 35.7. The van der Waals surface area contributed by atoms with Crippen molar-refractivity contribution >= 4 is 17.3 Å². The van der Waals surface area contributed by atoms with Crippen molar-refractivity contribution in [2.24, 2.45) is 7.05 Å². The van der Waals surface area contributed by atoms with E-state index in [2.05, 4.69) is 10.4 Å². The first-order valence-electron chi connectivity index (χ1n) is 5.64. The van der Waals surface area contributed by atoms with Crippen LogP contribution in [-0.4, -0.2) is 12.1 Å². The van der Waals surface area contributed by atoms with Crippen LogP contribution in [0, 0.1) is 10.2 Å². The highest BCUT2D eigenvalue weighted by molar-refractivity contribution is 6.28. The number of aryl methyl sites for hydroxylation is 1. The summed E-state index contributed by atoms with van der Waals surface area (Å²) in [7, 11) is -1.26. The van der Waals surface area contributed by atoms with Gasteiger partial charge in [0, 0.05) is 17.7 Å². The van der Waals surface area contributed by atoms with Crippen LogP contribution in [0.1, 0.15) is 0 Å². The zero-order valence-electron chi connectivity index (χ0n) is 11.2. The normalized spacial score (nSPS) is 10.6. The summed E-state index contributed by atoms with van der Waals surface area (Å²) < 4.78 is 35.6. The van der Waals surface area contributed by atoms with Crippen LogP contribution in [-0.2, 0) is 7.05 Å². The van der Waals surface area contributed by atoms with E-state index in [4.69, 9.17) is 30.2 Å². The monoisotopic (exact) mass is 333 g/mol. The number of halogens is 2. The predicted molar refractivity (Wildman–Crippen MR) is 65.4 cm³/mol. The van der Waals surface area contributed by atoms with Gasteiger partial charge in [-0.25, -0.2) is 18.6 Å². The Morgan fingerprint density at radius 3 is 2.14 bits per heavy atom. The molecule has 1 aromatic carbocycles. The third-order valence-electron chi connectivity index (χ3n) is 2.39. The van der Waals surface area contributed by atoms with Gasteiger partial charge in [0.2, 0.25) is 0 Å². The van der Waals surface area contributed by atoms with Crippen molar-refractivity contribution in [1.82, 2.24) is 5.10 Å². The molecule has 9 heteroatoms. The molecule has 114 valence electrons. The zero-order chi connectivity index (χ0) is 16.0. The number of anilines is 1. The average Bonchev–Trinajstić information content (AvgIpc) is 2.40. The summed E-state index contributed by atoms with van der Waals surface area (Å²) in [4.78, 5) is 0. The van der Waals surface area contributed by atoms with Crippen LogP contribution in [0.3, 0.4) is 0 Å². The SMILES string of the molecule is CNc1cc(Cl)[n+](C)nc1-c1ccccc1.[O-][Cl+3]([O-])([O-])[O-]. The predicted octanol–water partition coefficient (Wildman–Crippen LogP) is -2.49. The van der Waals surface area contributed by atoms with Crippen LogP contribution in [0.5, 0.6) is 0 Å². The fraction of sp³-hybridized carbons (Fsp3) is 0.167. The number of rotatable bonds is 2. The van der Waals surface area contributed by atoms with E-state index in [0.717, 1.165) is 16.9 Å². The van der Waals surface area contributed by atoms with Crippen LogP contribution >= 0.6 is 11.6 Å². The Kier molecular flexibility index (Phi) is 6.28. The van der Waals surface area contributed by atoms with Gasteiger partial charge in [-0.15, -0.1) is 10.2 Å². The topological polar surface area (TPSA) is 121 Å². The molecule has 0 saturated heterocycles. The van der Waals surface area contributed by atoms with Crippen LogP contribution in [0.15, 0.2) is 36.4 Å². The van der Waals surface area contributed by atoms with Gasteiger partial charge in [0.1, 0.15) is 0 Å². The molecule has 2 aromatic rings. The molecule has 2 rings (SSSR count). The highest BCUT2D eigenvalue weighted by Gasteiger charge is 2.14. The Bertz CT molecular complexity index is 585. The van der Waals surface area contributed by atoms with Gasteiger partial charge in [-0.1, -0.05) is 35.0 Å². The molecule has 1 aromatic heterocycles. The molecule has 0 amide bonds. The smallest absolute Gasteiger partial charge is 0.302 e. The minimum absolute atomic E-state index is 0.601. The second-order valence-corrected chi connectivity index (χ2v) is 4.99. The molecule has 1 N–H and O–H groups in total. The molecule has 0 spiro atoms. The molecular formula is C12H13Cl2N3O4. The number of hydrogen-bond donors (Lipinski definition) is 1. The molecule has 7 nitrogen and oxygen atoms in total. The second-order valence-electron chi connectivity index (χ2n) is 3.85. The molecule has 0 aliphatic heterocycles. The quantitative estimate of drug-likeness (QED) is 0.607. The summed E-state index contributed by atoms with van der Waals surface area (Å²) >= 11 is 6.01. The van der Waals surface area contributed by atoms with Crippen LogP contribution in [0.25, 0.3) is 11.3 Å². The Morgan fingerprint density at radius 2 is 1.67 bits per heavy atom. The lowest BCUT2D eigenvalue weighted by molar-refractivity contribution is -2.00. The molecule has 0 atom stereocenters. The first-order chi connectivity index (χ1) is 9.72. The molecule has 0 saturated carbocycles. The number of hydrogen-bond acceptors (Lipinski definition) is 6. The summed E-state index contributed by atoms with van der Waals surface area (Å²) in [6.45, 7) is 0. The molecule has 0 unspecified atom stereocenters. The number of nitrogens with one attached hydrogen (secondary N) is 1. The van der Waals surface area contributed by atoms with Crippen molar-refractivity contribution in [3.63, 3.8) is 0 Å². The van der Waals surface area contributed by atoms with E-state index in [0.29, 0.717) is 5.15 Å². The van der Waals surface area contributed by atoms with Gasteiger partial charge < -0.3 is 5.32 Å². The van der Waals surface area contributed by atoms with Gasteiger partial charge in [0.25, 0.3) is 0 Å². The lowest BCUT2D eigenvalue weighted by Gasteiger charge is -2.17. The molecular weight excluding hydrogens is 321 g/mol. The number of aromatic nitrogens is 2. The Balaban J connectivity index is 0.000000383. The summed E-state index contributed by atoms with van der Waals surface area (Å²) in [5.74, 6) is 0. The van der Waals surface area contributed by atoms with Crippen LogP contribution in [0.4, 0.5) is 5.69 Å². The highest BCUT2D eigenvalue weighted by Crippen LogP contribution is 2.25. The van der Waals surface area contributed by atoms with E-state index in [1.807, 2.05) is 50.5 Å². The Labute approximate surface area is 128 Å². The molecule has 21 heavy (non-hydrogen) atoms. The second kappa shape index (κ2) is 7.51. The first-order valence-corrected chi connectivity index (χ1v) is 7.25. The summed E-state index contributed by atoms with van der Waals surface area (Å²) in [5, 5.41) is 8.14. The molecule has 0 fully saturated rings. The van der Waals surface area contributed by atoms with Gasteiger partial charge >= 0.3 is 5.15 Å². The lowest BCUT2D eigenvalue weighted by Crippen LogP contribution is -2.68. The van der Waals surface area contributed by atoms with E-state index in [-0.39, 0.29) is 0 Å². The minimum atomic E-state index is -4.94. The molecule has 0 radical (unpaired) electrons. The van der Waals surface area contributed by atoms with Crippen molar-refractivity contribution in [1.29, 1.82) is 0 Å². The van der Waals surface area contributed by atoms with Gasteiger partial charge in [-0.05, 0) is 11.6 Å². The van der Waals surface area contributed by atoms with Crippen molar-refractivity contribution in [2.75, 3.05) is 12.4 Å². The fourth-order valence-electron chi connectivity index (χ4n) is 1.53. The first kappa shape index (κ1) is 17.6. The van der Waals surface area contributed by atoms with E-state index in [9.17, 15) is 0 Å². The average molecular weight is 334 g/mol. The van der Waals surface area contributed by atoms with Gasteiger partial charge in [-0.3, -0.25) is 0 Å². The van der Waals surface area contributed by atoms with Gasteiger partial charge in [0.15, 0.2) is 12.7 Å². The zero-order valence-corrected chi connectivity index (χ0v) is 12.8. The lowest BCUT2D eigenvalue weighted by atomic mass is 10.1. The van der Waals surface area contributed by atoms with Crippen LogP contribution in [0.2, 0.25) is 5.15 Å². The summed E-state index contributed by atoms with van der Waals surface area (Å²) in [5.41, 5.74) is 2.89. The fourth-order valence-corrected chi connectivity index (χ4v) is 1.68. The largest absolute Gasteiger partial charge is 0.386 e. The third-order valence-corrected chi connectivity index (χ3v) is 2.75. The maximum absolute atomic E-state index is 8.49. The van der Waals surface area contributed by atoms with Gasteiger partial charge in [0.05, 0.1) is 11.8 Å². The van der Waals surface area contributed by atoms with Gasteiger partial charge in [-0.2, -0.15) is 0 Å². The summed E-state index contributed by atoms with van der Waals surface area (Å²) in [6.07, 6.45) is 0. The van der Waals surface area contributed by atoms with E-state index < -0.39 is 10.2 Å². The Hall–Kier alpha value is -1.48. The summed E-state index contributed by atoms with van der Waals surface area (Å²) in [6, 6.07) is 11.9. The van der Waals surface area contributed by atoms with E-state index in [1.54, 1.807) is 4.68 Å². The van der Waals surface area contributed by atoms with Crippen molar-refractivity contribution in [3.8, 4) is 11.3 Å². The van der Waals surface area contributed by atoms with Crippen LogP contribution < -0.4 is 28.6 Å². The molecule has 0 aliphatic carbocycles. The molecule has 0 aliphatic rings. The van der Waals surface area contributed by atoms with Crippen molar-refractivity contribution in [3.05, 3.63) is 41.6 Å². The van der Waals surface area contributed by atoms with Crippen molar-refractivity contribution < 1.29 is 33.6 Å². The van der Waals surface area contributed by atoms with E-state index >= 15 is 0 Å². The standard InChI is InChI=1S/C12H12ClN3.ClHO4/c1-14-10-8-11(13)16(2)15-12(10)9-6-4-3-5-7-9;2-1(3,4)5/h3-8H,1-2H3;(H,2,3,4,5). The molecule has 0 bridgehead atoms. The minimum Gasteiger partial charge on any atom is -0.386 e. The number of benzene rings is 1. The third kappa shape index (κ3) is 6.21. The number of nitrogens with zero attached hydrogens (tertiary/aromatic N) is 2. The Morgan fingerprint density at radius 1 is 1.14 bits per heavy atom. The van der Waals surface area contributed by atoms with Crippen molar-refractivity contribution in [2.45, 2.75) is 0 Å².